The molecule has 8 heteroatoms. The van der Waals surface area contributed by atoms with Crippen molar-refractivity contribution in [3.63, 3.8) is 0 Å². The van der Waals surface area contributed by atoms with Crippen LogP contribution >= 0.6 is 0 Å². The zero-order valence-corrected chi connectivity index (χ0v) is 20.8. The molecule has 0 bridgehead atoms. The largest absolute Gasteiger partial charge is 0.497 e. The number of carbonyl (C=O) groups excluding carboxylic acids is 3. The van der Waals surface area contributed by atoms with E-state index in [4.69, 9.17) is 14.2 Å². The maximum atomic E-state index is 13.2. The molecule has 0 spiro atoms. The molecule has 2 aliphatic rings. The van der Waals surface area contributed by atoms with E-state index in [1.807, 2.05) is 13.0 Å². The number of carbonyl (C=O) groups is 3. The number of methoxy groups -OCH3 is 1. The number of ether oxygens (including phenoxy) is 3. The van der Waals surface area contributed by atoms with Crippen LogP contribution in [-0.4, -0.2) is 42.8 Å². The summed E-state index contributed by atoms with van der Waals surface area (Å²) in [6.45, 7) is 9.51. The minimum Gasteiger partial charge on any atom is -0.497 e. The molecule has 2 aliphatic carbocycles. The third-order valence-electron chi connectivity index (χ3n) is 6.11. The van der Waals surface area contributed by atoms with Gasteiger partial charge in [-0.1, -0.05) is 20.8 Å². The maximum Gasteiger partial charge on any atom is 0.360 e. The lowest BCUT2D eigenvalue weighted by Crippen LogP contribution is -2.28. The molecule has 0 aliphatic heterocycles. The number of nitrogens with one attached hydrogen (secondary N) is 1. The number of amides is 1. The van der Waals surface area contributed by atoms with Gasteiger partial charge >= 0.3 is 11.9 Å². The number of hydrogen-bond donors (Lipinski definition) is 1. The van der Waals surface area contributed by atoms with Gasteiger partial charge in [0.1, 0.15) is 11.5 Å². The molecule has 1 heterocycles. The first-order chi connectivity index (χ1) is 16.2. The highest BCUT2D eigenvalue weighted by Gasteiger charge is 2.31. The van der Waals surface area contributed by atoms with Gasteiger partial charge in [-0.25, -0.2) is 9.78 Å². The molecule has 2 atom stereocenters. The number of esters is 2. The van der Waals surface area contributed by atoms with Crippen LogP contribution in [0.4, 0.5) is 0 Å². The standard InChI is InChI=1S/C26H34N2O6/c1-7-18-15(4)22(32-6)12-20(18)19-10-11-21(24(29)27-13-17-8-9-17)28-23(19)26(31)34-16(5)33-25(30)14(2)3/h10-12,14,16-18H,7-9,13H2,1-6H3,(H,27,29)/t16?,18-/m1/s1. The molecule has 0 aromatic carbocycles. The van der Waals surface area contributed by atoms with E-state index in [9.17, 15) is 14.4 Å². The summed E-state index contributed by atoms with van der Waals surface area (Å²) in [5.74, 6) is -0.652. The van der Waals surface area contributed by atoms with Crippen LogP contribution in [0.25, 0.3) is 5.57 Å². The summed E-state index contributed by atoms with van der Waals surface area (Å²) in [4.78, 5) is 42.1. The molecule has 1 amide bonds. The minimum atomic E-state index is -1.10. The number of allylic oxidation sites excluding steroid dienone is 3. The molecule has 3 rings (SSSR count). The normalized spacial score (nSPS) is 18.4. The van der Waals surface area contributed by atoms with Gasteiger partial charge in [0.15, 0.2) is 5.69 Å². The highest BCUT2D eigenvalue weighted by atomic mass is 16.7. The molecule has 1 fully saturated rings. The number of rotatable bonds is 10. The van der Waals surface area contributed by atoms with Gasteiger partial charge in [-0.2, -0.15) is 0 Å². The summed E-state index contributed by atoms with van der Waals surface area (Å²) in [5.41, 5.74) is 2.62. The first-order valence-electron chi connectivity index (χ1n) is 11.8. The molecule has 0 radical (unpaired) electrons. The maximum absolute atomic E-state index is 13.2. The van der Waals surface area contributed by atoms with Gasteiger partial charge in [0.2, 0.25) is 6.29 Å². The second-order valence-electron chi connectivity index (χ2n) is 9.12. The first kappa shape index (κ1) is 25.5. The fourth-order valence-electron chi connectivity index (χ4n) is 3.93. The smallest absolute Gasteiger partial charge is 0.360 e. The van der Waals surface area contributed by atoms with Crippen molar-refractivity contribution in [2.45, 2.75) is 60.2 Å². The van der Waals surface area contributed by atoms with Crippen LogP contribution in [0.3, 0.4) is 0 Å². The summed E-state index contributed by atoms with van der Waals surface area (Å²) >= 11 is 0. The highest BCUT2D eigenvalue weighted by Crippen LogP contribution is 2.41. The fraction of sp³-hybridized carbons (Fsp3) is 0.538. The third-order valence-corrected chi connectivity index (χ3v) is 6.11. The fourth-order valence-corrected chi connectivity index (χ4v) is 3.93. The number of hydrogen-bond acceptors (Lipinski definition) is 7. The lowest BCUT2D eigenvalue weighted by molar-refractivity contribution is -0.169. The average Bonchev–Trinajstić information content (AvgIpc) is 3.58. The predicted octanol–water partition coefficient (Wildman–Crippen LogP) is 4.27. The van der Waals surface area contributed by atoms with Crippen LogP contribution < -0.4 is 5.32 Å². The zero-order valence-electron chi connectivity index (χ0n) is 20.8. The molecule has 1 unspecified atom stereocenters. The van der Waals surface area contributed by atoms with Crippen molar-refractivity contribution in [1.29, 1.82) is 0 Å². The van der Waals surface area contributed by atoms with Gasteiger partial charge < -0.3 is 19.5 Å². The van der Waals surface area contributed by atoms with Gasteiger partial charge in [-0.3, -0.25) is 9.59 Å². The molecule has 8 nitrogen and oxygen atoms in total. The molecule has 184 valence electrons. The second-order valence-corrected chi connectivity index (χ2v) is 9.12. The van der Waals surface area contributed by atoms with Crippen LogP contribution in [0.5, 0.6) is 0 Å². The van der Waals surface area contributed by atoms with E-state index in [1.54, 1.807) is 33.1 Å². The lowest BCUT2D eigenvalue weighted by Gasteiger charge is -2.19. The Morgan fingerprint density at radius 3 is 2.44 bits per heavy atom. The average molecular weight is 471 g/mol. The van der Waals surface area contributed by atoms with E-state index in [0.717, 1.165) is 36.2 Å². The quantitative estimate of drug-likeness (QED) is 0.402. The Labute approximate surface area is 200 Å². The van der Waals surface area contributed by atoms with Crippen LogP contribution in [0.2, 0.25) is 0 Å². The zero-order chi connectivity index (χ0) is 25.0. The molecule has 0 saturated heterocycles. The summed E-state index contributed by atoms with van der Waals surface area (Å²) in [6.07, 6.45) is 3.81. The SMILES string of the molecule is CC[C@H]1C(c2ccc(C(=O)NCC3CC3)nc2C(=O)OC(C)OC(=O)C(C)C)=CC(OC)=C1C. The monoisotopic (exact) mass is 470 g/mol. The topological polar surface area (TPSA) is 104 Å². The Bertz CT molecular complexity index is 1020. The summed E-state index contributed by atoms with van der Waals surface area (Å²) in [5, 5.41) is 2.87. The van der Waals surface area contributed by atoms with Crippen molar-refractivity contribution >= 4 is 23.4 Å². The van der Waals surface area contributed by atoms with Gasteiger partial charge in [-0.05, 0) is 61.5 Å². The van der Waals surface area contributed by atoms with Crippen molar-refractivity contribution in [3.8, 4) is 0 Å². The van der Waals surface area contributed by atoms with Gasteiger partial charge in [0, 0.05) is 24.9 Å². The van der Waals surface area contributed by atoms with E-state index in [1.165, 1.54) is 6.92 Å². The lowest BCUT2D eigenvalue weighted by atomic mass is 9.88. The van der Waals surface area contributed by atoms with E-state index in [2.05, 4.69) is 17.2 Å². The molecule has 1 saturated carbocycles. The molecular formula is C26H34N2O6. The summed E-state index contributed by atoms with van der Waals surface area (Å²) in [6, 6.07) is 3.34. The van der Waals surface area contributed by atoms with E-state index < -0.39 is 18.2 Å². The minimum absolute atomic E-state index is 0.00127. The Kier molecular flexibility index (Phi) is 8.12. The Balaban J connectivity index is 1.92. The Hall–Kier alpha value is -3.16. The van der Waals surface area contributed by atoms with Gasteiger partial charge in [0.05, 0.1) is 13.0 Å². The van der Waals surface area contributed by atoms with Crippen LogP contribution in [0.1, 0.15) is 80.4 Å². The van der Waals surface area contributed by atoms with Crippen molar-refractivity contribution in [2.24, 2.45) is 17.8 Å². The summed E-state index contributed by atoms with van der Waals surface area (Å²) < 4.78 is 16.1. The van der Waals surface area contributed by atoms with Crippen LogP contribution in [-0.2, 0) is 19.0 Å². The van der Waals surface area contributed by atoms with E-state index >= 15 is 0 Å². The summed E-state index contributed by atoms with van der Waals surface area (Å²) in [7, 11) is 1.61. The van der Waals surface area contributed by atoms with E-state index in [0.29, 0.717) is 18.0 Å². The molecule has 1 aromatic rings. The van der Waals surface area contributed by atoms with Crippen molar-refractivity contribution in [2.75, 3.05) is 13.7 Å². The van der Waals surface area contributed by atoms with Gasteiger partial charge in [0.25, 0.3) is 5.91 Å². The molecular weight excluding hydrogens is 436 g/mol. The molecule has 1 aromatic heterocycles. The van der Waals surface area contributed by atoms with Crippen molar-refractivity contribution in [1.82, 2.24) is 10.3 Å². The predicted molar refractivity (Wildman–Crippen MR) is 127 cm³/mol. The second kappa shape index (κ2) is 10.8. The number of nitrogens with zero attached hydrogens (tertiary/aromatic N) is 1. The van der Waals surface area contributed by atoms with E-state index in [-0.39, 0.29) is 29.1 Å². The van der Waals surface area contributed by atoms with Crippen molar-refractivity contribution < 1.29 is 28.6 Å². The highest BCUT2D eigenvalue weighted by molar-refractivity contribution is 5.98. The van der Waals surface area contributed by atoms with Crippen LogP contribution in [0.15, 0.2) is 29.5 Å². The Morgan fingerprint density at radius 2 is 1.85 bits per heavy atom. The number of aromatic nitrogens is 1. The first-order valence-corrected chi connectivity index (χ1v) is 11.8. The van der Waals surface area contributed by atoms with Gasteiger partial charge in [-0.15, -0.1) is 0 Å². The number of pyridine rings is 1. The molecule has 34 heavy (non-hydrogen) atoms. The third kappa shape index (κ3) is 5.85. The Morgan fingerprint density at radius 1 is 1.15 bits per heavy atom. The molecule has 1 N–H and O–H groups in total. The van der Waals surface area contributed by atoms with Crippen LogP contribution in [0, 0.1) is 17.8 Å². The van der Waals surface area contributed by atoms with Crippen molar-refractivity contribution in [3.05, 3.63) is 46.5 Å².